The summed E-state index contributed by atoms with van der Waals surface area (Å²) in [6, 6.07) is 9.23. The number of carbonyl (C=O) groups is 1. The zero-order valence-corrected chi connectivity index (χ0v) is 16.2. The lowest BCUT2D eigenvalue weighted by molar-refractivity contribution is -0.0372. The summed E-state index contributed by atoms with van der Waals surface area (Å²) in [4.78, 5) is 25.5. The summed E-state index contributed by atoms with van der Waals surface area (Å²) in [5, 5.41) is 19.8. The molecule has 1 amide bonds. The first kappa shape index (κ1) is 18.8. The number of carbonyl (C=O) groups excluding carboxylic acids is 1. The first-order chi connectivity index (χ1) is 13.4. The predicted octanol–water partition coefficient (Wildman–Crippen LogP) is 1.41. The van der Waals surface area contributed by atoms with Gasteiger partial charge in [-0.25, -0.2) is 9.97 Å². The molecule has 1 aliphatic heterocycles. The van der Waals surface area contributed by atoms with E-state index in [4.69, 9.17) is 0 Å². The van der Waals surface area contributed by atoms with Crippen molar-refractivity contribution in [2.24, 2.45) is 11.8 Å². The third-order valence-electron chi connectivity index (χ3n) is 5.89. The molecule has 7 heteroatoms. The van der Waals surface area contributed by atoms with E-state index in [1.54, 1.807) is 6.20 Å². The fourth-order valence-corrected chi connectivity index (χ4v) is 4.25. The highest BCUT2D eigenvalue weighted by Gasteiger charge is 2.42. The van der Waals surface area contributed by atoms with Crippen molar-refractivity contribution < 1.29 is 15.0 Å². The number of amides is 1. The largest absolute Gasteiger partial charge is 0.390 e. The van der Waals surface area contributed by atoms with E-state index >= 15 is 0 Å². The number of nitrogens with zero attached hydrogens (tertiary/aromatic N) is 4. The number of aliphatic hydroxyl groups is 2. The van der Waals surface area contributed by atoms with Gasteiger partial charge >= 0.3 is 0 Å². The fourth-order valence-electron chi connectivity index (χ4n) is 4.25. The molecule has 1 saturated carbocycles. The Bertz CT molecular complexity index is 837. The molecule has 1 saturated heterocycles. The number of hydrogen-bond acceptors (Lipinski definition) is 6. The summed E-state index contributed by atoms with van der Waals surface area (Å²) in [7, 11) is 3.86. The molecule has 0 radical (unpaired) electrons. The van der Waals surface area contributed by atoms with Crippen molar-refractivity contribution in [3.63, 3.8) is 0 Å². The predicted molar refractivity (Wildman–Crippen MR) is 106 cm³/mol. The molecule has 7 nitrogen and oxygen atoms in total. The highest BCUT2D eigenvalue weighted by molar-refractivity contribution is 5.94. The van der Waals surface area contributed by atoms with Gasteiger partial charge < -0.3 is 20.0 Å². The van der Waals surface area contributed by atoms with Crippen LogP contribution in [0.3, 0.4) is 0 Å². The number of benzene rings is 1. The molecule has 2 heterocycles. The Balaban J connectivity index is 1.47. The number of aliphatic hydroxyl groups excluding tert-OH is 2. The highest BCUT2D eigenvalue weighted by atomic mass is 16.3. The second kappa shape index (κ2) is 7.48. The first-order valence-corrected chi connectivity index (χ1v) is 9.68. The molecule has 2 aromatic rings. The van der Waals surface area contributed by atoms with E-state index in [1.807, 2.05) is 54.2 Å². The number of hydrogen-bond donors (Lipinski definition) is 2. The third kappa shape index (κ3) is 3.59. The van der Waals surface area contributed by atoms with Gasteiger partial charge in [-0.2, -0.15) is 0 Å². The standard InChI is InChI=1S/C21H26N4O3/c1-24(2)19-7-8-22-20(23-19)13-3-5-14(6-4-13)21(28)25-11-15-9-17(26)18(27)10-16(15)12-25/h3-8,15-18,26-27H,9-12H2,1-2H3/t15-,16+,17+,18-. The molecule has 1 aromatic carbocycles. The summed E-state index contributed by atoms with van der Waals surface area (Å²) in [5.74, 6) is 1.98. The van der Waals surface area contributed by atoms with Gasteiger partial charge in [0.05, 0.1) is 12.2 Å². The van der Waals surface area contributed by atoms with E-state index in [0.29, 0.717) is 37.3 Å². The third-order valence-corrected chi connectivity index (χ3v) is 5.89. The maximum Gasteiger partial charge on any atom is 0.253 e. The van der Waals surface area contributed by atoms with Gasteiger partial charge in [0.2, 0.25) is 0 Å². The second-order valence-electron chi connectivity index (χ2n) is 8.05. The fraction of sp³-hybridized carbons (Fsp3) is 0.476. The Morgan fingerprint density at radius 2 is 1.64 bits per heavy atom. The first-order valence-electron chi connectivity index (χ1n) is 9.68. The summed E-state index contributed by atoms with van der Waals surface area (Å²) in [6.45, 7) is 1.28. The lowest BCUT2D eigenvalue weighted by atomic mass is 9.79. The molecule has 1 aliphatic carbocycles. The van der Waals surface area contributed by atoms with Crippen molar-refractivity contribution in [3.8, 4) is 11.4 Å². The Morgan fingerprint density at radius 3 is 2.21 bits per heavy atom. The second-order valence-corrected chi connectivity index (χ2v) is 8.05. The maximum atomic E-state index is 12.9. The lowest BCUT2D eigenvalue weighted by Gasteiger charge is -2.31. The van der Waals surface area contributed by atoms with Crippen LogP contribution in [-0.2, 0) is 0 Å². The van der Waals surface area contributed by atoms with E-state index < -0.39 is 12.2 Å². The molecule has 4 atom stereocenters. The average molecular weight is 382 g/mol. The van der Waals surface area contributed by atoms with Crippen LogP contribution in [0.2, 0.25) is 0 Å². The van der Waals surface area contributed by atoms with E-state index in [-0.39, 0.29) is 17.7 Å². The lowest BCUT2D eigenvalue weighted by Crippen LogP contribution is -2.38. The Hall–Kier alpha value is -2.51. The topological polar surface area (TPSA) is 89.8 Å². The van der Waals surface area contributed by atoms with Crippen LogP contribution in [0, 0.1) is 11.8 Å². The minimum atomic E-state index is -0.673. The average Bonchev–Trinajstić information content (AvgIpc) is 3.10. The molecular weight excluding hydrogens is 356 g/mol. The van der Waals surface area contributed by atoms with E-state index in [0.717, 1.165) is 11.4 Å². The van der Waals surface area contributed by atoms with Gasteiger partial charge in [0.25, 0.3) is 5.91 Å². The molecular formula is C21H26N4O3. The summed E-state index contributed by atoms with van der Waals surface area (Å²) < 4.78 is 0. The minimum Gasteiger partial charge on any atom is -0.390 e. The van der Waals surface area contributed by atoms with Gasteiger partial charge in [0, 0.05) is 44.5 Å². The molecule has 148 valence electrons. The van der Waals surface area contributed by atoms with Crippen LogP contribution < -0.4 is 4.90 Å². The van der Waals surface area contributed by atoms with Crippen LogP contribution in [0.1, 0.15) is 23.2 Å². The Kier molecular flexibility index (Phi) is 5.03. The van der Waals surface area contributed by atoms with Crippen molar-refractivity contribution in [1.29, 1.82) is 0 Å². The van der Waals surface area contributed by atoms with Crippen molar-refractivity contribution in [2.75, 3.05) is 32.1 Å². The molecule has 0 bridgehead atoms. The van der Waals surface area contributed by atoms with Gasteiger partial charge in [0.15, 0.2) is 5.82 Å². The molecule has 2 aliphatic rings. The molecule has 2 fully saturated rings. The Morgan fingerprint density at radius 1 is 1.04 bits per heavy atom. The summed E-state index contributed by atoms with van der Waals surface area (Å²) in [5.41, 5.74) is 1.49. The maximum absolute atomic E-state index is 12.9. The van der Waals surface area contributed by atoms with Crippen LogP contribution in [0.5, 0.6) is 0 Å². The monoisotopic (exact) mass is 382 g/mol. The quantitative estimate of drug-likeness (QED) is 0.834. The molecule has 2 N–H and O–H groups in total. The van der Waals surface area contributed by atoms with Gasteiger partial charge in [-0.15, -0.1) is 0 Å². The van der Waals surface area contributed by atoms with Gasteiger partial charge in [0.1, 0.15) is 5.82 Å². The number of aromatic nitrogens is 2. The number of likely N-dealkylation sites (tertiary alicyclic amines) is 1. The van der Waals surface area contributed by atoms with E-state index in [9.17, 15) is 15.0 Å². The van der Waals surface area contributed by atoms with Gasteiger partial charge in [-0.3, -0.25) is 4.79 Å². The number of rotatable bonds is 3. The summed E-state index contributed by atoms with van der Waals surface area (Å²) >= 11 is 0. The zero-order valence-electron chi connectivity index (χ0n) is 16.2. The van der Waals surface area contributed by atoms with Crippen LogP contribution in [0.25, 0.3) is 11.4 Å². The molecule has 0 unspecified atom stereocenters. The van der Waals surface area contributed by atoms with Crippen molar-refractivity contribution in [1.82, 2.24) is 14.9 Å². The van der Waals surface area contributed by atoms with Crippen molar-refractivity contribution >= 4 is 11.7 Å². The van der Waals surface area contributed by atoms with E-state index in [2.05, 4.69) is 9.97 Å². The molecule has 28 heavy (non-hydrogen) atoms. The van der Waals surface area contributed by atoms with Crippen LogP contribution >= 0.6 is 0 Å². The van der Waals surface area contributed by atoms with Crippen molar-refractivity contribution in [3.05, 3.63) is 42.1 Å². The van der Waals surface area contributed by atoms with Crippen LogP contribution in [0.15, 0.2) is 36.5 Å². The smallest absolute Gasteiger partial charge is 0.253 e. The van der Waals surface area contributed by atoms with Crippen LogP contribution in [-0.4, -0.2) is 70.4 Å². The zero-order chi connectivity index (χ0) is 19.8. The normalized spacial score (nSPS) is 26.8. The van der Waals surface area contributed by atoms with Crippen molar-refractivity contribution in [2.45, 2.75) is 25.0 Å². The van der Waals surface area contributed by atoms with Gasteiger partial charge in [-0.05, 0) is 42.9 Å². The molecule has 0 spiro atoms. The Labute approximate surface area is 164 Å². The summed E-state index contributed by atoms with van der Waals surface area (Å²) in [6.07, 6.45) is 1.51. The number of fused-ring (bicyclic) bond motifs is 1. The molecule has 4 rings (SSSR count). The van der Waals surface area contributed by atoms with Crippen LogP contribution in [0.4, 0.5) is 5.82 Å². The minimum absolute atomic E-state index is 0.00658. The highest BCUT2D eigenvalue weighted by Crippen LogP contribution is 2.37. The van der Waals surface area contributed by atoms with Gasteiger partial charge in [-0.1, -0.05) is 12.1 Å². The SMILES string of the molecule is CN(C)c1ccnc(-c2ccc(C(=O)N3C[C@H]4C[C@H](O)[C@H](O)C[C@H]4C3)cc2)n1. The number of anilines is 1. The molecule has 1 aromatic heterocycles. The van der Waals surface area contributed by atoms with E-state index in [1.165, 1.54) is 0 Å².